The number of hydrogen-bond acceptors (Lipinski definition) is 5. The maximum atomic E-state index is 10.6. The molecule has 18 heavy (non-hydrogen) atoms. The van der Waals surface area contributed by atoms with Crippen molar-refractivity contribution in [2.24, 2.45) is 0 Å². The fourth-order valence-electron chi connectivity index (χ4n) is 1.51. The summed E-state index contributed by atoms with van der Waals surface area (Å²) in [6, 6.07) is 3.43. The molecule has 0 aromatic carbocycles. The van der Waals surface area contributed by atoms with Crippen molar-refractivity contribution in [3.63, 3.8) is 0 Å². The molecule has 98 valence electrons. The zero-order chi connectivity index (χ0) is 13.5. The molecule has 7 heteroatoms. The predicted octanol–water partition coefficient (Wildman–Crippen LogP) is 2.25. The van der Waals surface area contributed by atoms with E-state index >= 15 is 0 Å². The number of nitrogens with zero attached hydrogens (tertiary/aromatic N) is 3. The highest BCUT2D eigenvalue weighted by molar-refractivity contribution is 6.29. The molecule has 0 bridgehead atoms. The van der Waals surface area contributed by atoms with Gasteiger partial charge in [0.25, 0.3) is 6.20 Å². The van der Waals surface area contributed by atoms with E-state index in [0.29, 0.717) is 17.5 Å². The van der Waals surface area contributed by atoms with E-state index in [1.165, 1.54) is 0 Å². The summed E-state index contributed by atoms with van der Waals surface area (Å²) in [7, 11) is 1.64. The van der Waals surface area contributed by atoms with Gasteiger partial charge in [0.1, 0.15) is 5.15 Å². The highest BCUT2D eigenvalue weighted by atomic mass is 35.5. The van der Waals surface area contributed by atoms with Crippen LogP contribution in [0.2, 0.25) is 5.15 Å². The van der Waals surface area contributed by atoms with Gasteiger partial charge in [-0.15, -0.1) is 0 Å². The van der Waals surface area contributed by atoms with E-state index in [1.807, 2.05) is 6.92 Å². The molecule has 0 amide bonds. The number of halogens is 1. The van der Waals surface area contributed by atoms with E-state index in [9.17, 15) is 10.1 Å². The minimum Gasteiger partial charge on any atom is -0.369 e. The largest absolute Gasteiger partial charge is 0.369 e. The third-order valence-electron chi connectivity index (χ3n) is 2.25. The summed E-state index contributed by atoms with van der Waals surface area (Å²) >= 11 is 5.72. The van der Waals surface area contributed by atoms with Crippen molar-refractivity contribution in [2.45, 2.75) is 13.3 Å². The predicted molar refractivity (Wildman–Crippen MR) is 71.0 cm³/mol. The van der Waals surface area contributed by atoms with Gasteiger partial charge in [-0.1, -0.05) is 18.5 Å². The second-order valence-corrected chi connectivity index (χ2v) is 3.93. The molecule has 1 rings (SSSR count). The summed E-state index contributed by atoms with van der Waals surface area (Å²) in [5.41, 5.74) is 0.753. The first-order valence-corrected chi connectivity index (χ1v) is 5.88. The number of anilines is 1. The lowest BCUT2D eigenvalue weighted by Crippen LogP contribution is -2.31. The quantitative estimate of drug-likeness (QED) is 0.488. The van der Waals surface area contributed by atoms with Gasteiger partial charge in [-0.2, -0.15) is 0 Å². The highest BCUT2D eigenvalue weighted by Gasteiger charge is 2.13. The summed E-state index contributed by atoms with van der Waals surface area (Å²) in [5.74, 6) is 0.408. The monoisotopic (exact) mass is 270 g/mol. The number of nitro groups is 1. The molecule has 1 aromatic heterocycles. The van der Waals surface area contributed by atoms with Gasteiger partial charge in [-0.3, -0.25) is 10.1 Å². The Morgan fingerprint density at radius 2 is 2.39 bits per heavy atom. The number of rotatable bonds is 6. The first-order valence-electron chi connectivity index (χ1n) is 5.50. The van der Waals surface area contributed by atoms with Gasteiger partial charge < -0.3 is 10.2 Å². The second kappa shape index (κ2) is 6.80. The smallest absolute Gasteiger partial charge is 0.274 e. The molecule has 1 heterocycles. The minimum absolute atomic E-state index is 0.388. The van der Waals surface area contributed by atoms with E-state index in [0.717, 1.165) is 18.3 Å². The number of nitrogens with one attached hydrogen (secondary N) is 1. The van der Waals surface area contributed by atoms with E-state index in [1.54, 1.807) is 30.3 Å². The molecule has 0 aliphatic heterocycles. The maximum Gasteiger partial charge on any atom is 0.274 e. The molecule has 0 aliphatic rings. The van der Waals surface area contributed by atoms with Crippen molar-refractivity contribution in [3.05, 3.63) is 45.6 Å². The Hall–Kier alpha value is -1.82. The Morgan fingerprint density at radius 1 is 1.67 bits per heavy atom. The number of hydrogen-bond donors (Lipinski definition) is 1. The van der Waals surface area contributed by atoms with Gasteiger partial charge in [0.05, 0.1) is 16.8 Å². The average molecular weight is 271 g/mol. The van der Waals surface area contributed by atoms with Crippen LogP contribution in [0.15, 0.2) is 30.4 Å². The summed E-state index contributed by atoms with van der Waals surface area (Å²) in [4.78, 5) is 15.9. The summed E-state index contributed by atoms with van der Waals surface area (Å²) in [6.07, 6.45) is 3.37. The number of aromatic nitrogens is 1. The molecule has 0 saturated heterocycles. The first-order chi connectivity index (χ1) is 8.58. The molecule has 0 radical (unpaired) electrons. The molecule has 0 fully saturated rings. The molecule has 1 aromatic rings. The Labute approximate surface area is 110 Å². The van der Waals surface area contributed by atoms with Crippen LogP contribution in [0.5, 0.6) is 0 Å². The fourth-order valence-corrected chi connectivity index (χ4v) is 1.62. The normalized spacial score (nSPS) is 11.2. The Morgan fingerprint density at radius 3 is 2.83 bits per heavy atom. The zero-order valence-corrected chi connectivity index (χ0v) is 11.0. The third kappa shape index (κ3) is 3.89. The summed E-state index contributed by atoms with van der Waals surface area (Å²) in [6.45, 7) is 2.64. The first kappa shape index (κ1) is 14.2. The lowest BCUT2D eigenvalue weighted by molar-refractivity contribution is -0.403. The van der Waals surface area contributed by atoms with Crippen LogP contribution in [0.25, 0.3) is 0 Å². The van der Waals surface area contributed by atoms with E-state index in [2.05, 4.69) is 10.3 Å². The summed E-state index contributed by atoms with van der Waals surface area (Å²) in [5, 5.41) is 13.8. The van der Waals surface area contributed by atoms with E-state index in [-0.39, 0.29) is 0 Å². The van der Waals surface area contributed by atoms with Gasteiger partial charge in [0, 0.05) is 13.6 Å². The van der Waals surface area contributed by atoms with Crippen molar-refractivity contribution in [3.8, 4) is 0 Å². The molecule has 1 N–H and O–H groups in total. The van der Waals surface area contributed by atoms with Crippen LogP contribution < -0.4 is 10.2 Å². The van der Waals surface area contributed by atoms with Crippen molar-refractivity contribution < 1.29 is 4.92 Å². The zero-order valence-electron chi connectivity index (χ0n) is 10.3. The average Bonchev–Trinajstić information content (AvgIpc) is 2.34. The van der Waals surface area contributed by atoms with Gasteiger partial charge in [-0.05, 0) is 18.6 Å². The SMILES string of the molecule is CCCN(/C(=C/[N+](=O)[O-])NC)c1ccc(Cl)nc1. The fraction of sp³-hybridized carbons (Fsp3) is 0.364. The third-order valence-corrected chi connectivity index (χ3v) is 2.47. The topological polar surface area (TPSA) is 71.3 Å². The van der Waals surface area contributed by atoms with Gasteiger partial charge in [0.15, 0.2) is 5.82 Å². The van der Waals surface area contributed by atoms with Gasteiger partial charge in [0.2, 0.25) is 0 Å². The van der Waals surface area contributed by atoms with Gasteiger partial charge in [-0.25, -0.2) is 4.98 Å². The van der Waals surface area contributed by atoms with Gasteiger partial charge >= 0.3 is 0 Å². The molecular weight excluding hydrogens is 256 g/mol. The number of pyridine rings is 1. The lowest BCUT2D eigenvalue weighted by atomic mass is 10.3. The van der Waals surface area contributed by atoms with Crippen LogP contribution in [0.3, 0.4) is 0 Å². The van der Waals surface area contributed by atoms with Crippen LogP contribution in [0, 0.1) is 10.1 Å². The van der Waals surface area contributed by atoms with Crippen LogP contribution in [0.4, 0.5) is 5.69 Å². The van der Waals surface area contributed by atoms with E-state index in [4.69, 9.17) is 11.6 Å². The molecule has 0 atom stereocenters. The van der Waals surface area contributed by atoms with Crippen LogP contribution in [0.1, 0.15) is 13.3 Å². The Balaban J connectivity index is 3.07. The maximum absolute atomic E-state index is 10.6. The van der Waals surface area contributed by atoms with Crippen molar-refractivity contribution >= 4 is 17.3 Å². The minimum atomic E-state index is -0.488. The standard InChI is InChI=1S/C11H15ClN4O2/c1-3-6-15(11(13-2)8-16(17)18)9-4-5-10(12)14-7-9/h4-5,7-8,13H,3,6H2,1-2H3/b11-8+. The highest BCUT2D eigenvalue weighted by Crippen LogP contribution is 2.19. The van der Waals surface area contributed by atoms with Crippen LogP contribution in [-0.2, 0) is 0 Å². The van der Waals surface area contributed by atoms with E-state index < -0.39 is 4.92 Å². The summed E-state index contributed by atoms with van der Waals surface area (Å²) < 4.78 is 0. The molecule has 6 nitrogen and oxygen atoms in total. The Bertz CT molecular complexity index is 433. The van der Waals surface area contributed by atoms with Crippen LogP contribution in [-0.4, -0.2) is 23.5 Å². The molecular formula is C11H15ClN4O2. The second-order valence-electron chi connectivity index (χ2n) is 3.54. The Kier molecular flexibility index (Phi) is 5.38. The lowest BCUT2D eigenvalue weighted by Gasteiger charge is -2.24. The molecule has 0 saturated carbocycles. The van der Waals surface area contributed by atoms with Crippen LogP contribution >= 0.6 is 11.6 Å². The molecule has 0 spiro atoms. The molecule has 0 unspecified atom stereocenters. The van der Waals surface area contributed by atoms with Crippen molar-refractivity contribution in [2.75, 3.05) is 18.5 Å². The van der Waals surface area contributed by atoms with Crippen molar-refractivity contribution in [1.82, 2.24) is 10.3 Å². The van der Waals surface area contributed by atoms with Crippen molar-refractivity contribution in [1.29, 1.82) is 0 Å². The molecule has 0 aliphatic carbocycles.